The fourth-order valence-electron chi connectivity index (χ4n) is 5.09. The van der Waals surface area contributed by atoms with Crippen molar-refractivity contribution in [2.75, 3.05) is 33.4 Å². The fraction of sp³-hybridized carbons (Fsp3) is 0.276. The lowest BCUT2D eigenvalue weighted by molar-refractivity contribution is -0.123. The van der Waals surface area contributed by atoms with Crippen molar-refractivity contribution in [1.82, 2.24) is 30.0 Å². The summed E-state index contributed by atoms with van der Waals surface area (Å²) in [6.07, 6.45) is 4.30. The Morgan fingerprint density at radius 2 is 1.93 bits per heavy atom. The quantitative estimate of drug-likeness (QED) is 0.421. The van der Waals surface area contributed by atoms with Crippen LogP contribution in [-0.4, -0.2) is 69.9 Å². The zero-order valence-corrected chi connectivity index (χ0v) is 21.9. The normalized spacial score (nSPS) is 17.0. The Morgan fingerprint density at radius 1 is 1.07 bits per heavy atom. The number of ether oxygens (including phenoxy) is 3. The predicted octanol–water partition coefficient (Wildman–Crippen LogP) is 2.74. The Hall–Kier alpha value is -4.93. The van der Waals surface area contributed by atoms with Crippen LogP contribution >= 0.6 is 0 Å². The lowest BCUT2D eigenvalue weighted by Crippen LogP contribution is -2.41. The summed E-state index contributed by atoms with van der Waals surface area (Å²) in [5.41, 5.74) is 3.13. The van der Waals surface area contributed by atoms with Crippen molar-refractivity contribution in [1.29, 1.82) is 0 Å². The van der Waals surface area contributed by atoms with Gasteiger partial charge in [-0.3, -0.25) is 14.2 Å². The van der Waals surface area contributed by atoms with Crippen LogP contribution < -0.4 is 19.5 Å². The zero-order chi connectivity index (χ0) is 27.5. The molecule has 2 aromatic heterocycles. The number of amides is 2. The summed E-state index contributed by atoms with van der Waals surface area (Å²) in [7, 11) is 1.56. The van der Waals surface area contributed by atoms with Crippen LogP contribution in [0.4, 0.5) is 0 Å². The molecule has 40 heavy (non-hydrogen) atoms. The van der Waals surface area contributed by atoms with Gasteiger partial charge in [-0.15, -0.1) is 10.2 Å². The molecule has 11 nitrogen and oxygen atoms in total. The molecule has 3 aliphatic rings. The first-order chi connectivity index (χ1) is 19.6. The van der Waals surface area contributed by atoms with E-state index in [1.165, 1.54) is 12.7 Å². The molecule has 2 amide bonds. The molecule has 0 fully saturated rings. The molecule has 0 saturated heterocycles. The molecule has 0 radical (unpaired) electrons. The first-order valence-corrected chi connectivity index (χ1v) is 13.1. The number of hydrogen-bond donors (Lipinski definition) is 1. The molecule has 0 saturated carbocycles. The third kappa shape index (κ3) is 5.05. The molecular formula is C29H28N6O5. The average molecular weight is 541 g/mol. The number of rotatable bonds is 3. The van der Waals surface area contributed by atoms with E-state index in [1.807, 2.05) is 41.3 Å². The third-order valence-corrected chi connectivity index (χ3v) is 7.00. The fourth-order valence-corrected chi connectivity index (χ4v) is 5.09. The molecule has 0 spiro atoms. The Bertz CT molecular complexity index is 1540. The first kappa shape index (κ1) is 25.4. The van der Waals surface area contributed by atoms with Crippen molar-refractivity contribution in [2.24, 2.45) is 0 Å². The van der Waals surface area contributed by atoms with Gasteiger partial charge >= 0.3 is 0 Å². The highest BCUT2D eigenvalue weighted by Gasteiger charge is 2.35. The van der Waals surface area contributed by atoms with E-state index in [-0.39, 0.29) is 18.4 Å². The molecular weight excluding hydrogens is 512 g/mol. The number of fused-ring (bicyclic) bond motifs is 8. The Labute approximate surface area is 230 Å². The molecule has 3 aliphatic heterocycles. The molecule has 2 aromatic carbocycles. The number of nitrogens with one attached hydrogen (secondary N) is 1. The van der Waals surface area contributed by atoms with E-state index in [2.05, 4.69) is 20.5 Å². The number of carbonyl (C=O) groups excluding carboxylic acids is 2. The van der Waals surface area contributed by atoms with Crippen LogP contribution in [0.5, 0.6) is 17.2 Å². The number of pyridine rings is 1. The topological polar surface area (TPSA) is 121 Å². The van der Waals surface area contributed by atoms with Crippen molar-refractivity contribution in [2.45, 2.75) is 18.9 Å². The number of methoxy groups -OCH3 is 1. The van der Waals surface area contributed by atoms with Crippen LogP contribution in [0.25, 0.3) is 5.82 Å². The number of carbonyl (C=O) groups is 2. The summed E-state index contributed by atoms with van der Waals surface area (Å²) < 4.78 is 19.2. The van der Waals surface area contributed by atoms with E-state index in [0.717, 1.165) is 16.7 Å². The van der Waals surface area contributed by atoms with Gasteiger partial charge in [0.15, 0.2) is 18.1 Å². The summed E-state index contributed by atoms with van der Waals surface area (Å²) in [6.45, 7) is 1.23. The Balaban J connectivity index is 1.44. The summed E-state index contributed by atoms with van der Waals surface area (Å²) in [5.74, 6) is 1.79. The summed E-state index contributed by atoms with van der Waals surface area (Å²) in [4.78, 5) is 32.8. The van der Waals surface area contributed by atoms with E-state index in [0.29, 0.717) is 61.3 Å². The van der Waals surface area contributed by atoms with Crippen LogP contribution in [0.3, 0.4) is 0 Å². The van der Waals surface area contributed by atoms with Gasteiger partial charge in [0.2, 0.25) is 0 Å². The van der Waals surface area contributed by atoms with Gasteiger partial charge < -0.3 is 24.4 Å². The second-order valence-corrected chi connectivity index (χ2v) is 9.52. The average Bonchev–Trinajstić information content (AvgIpc) is 3.53. The first-order valence-electron chi connectivity index (χ1n) is 13.1. The van der Waals surface area contributed by atoms with Crippen LogP contribution in [0.2, 0.25) is 0 Å². The maximum atomic E-state index is 14.1. The largest absolute Gasteiger partial charge is 0.494 e. The minimum absolute atomic E-state index is 0.127. The number of benzene rings is 2. The molecule has 4 aromatic rings. The van der Waals surface area contributed by atoms with Gasteiger partial charge in [-0.05, 0) is 65.9 Å². The highest BCUT2D eigenvalue weighted by molar-refractivity contribution is 5.93. The maximum Gasteiger partial charge on any atom is 0.273 e. The van der Waals surface area contributed by atoms with Gasteiger partial charge in [0.25, 0.3) is 11.8 Å². The monoisotopic (exact) mass is 540 g/mol. The molecule has 1 N–H and O–H groups in total. The van der Waals surface area contributed by atoms with Gasteiger partial charge in [-0.1, -0.05) is 18.2 Å². The van der Waals surface area contributed by atoms with Gasteiger partial charge in [-0.25, -0.2) is 4.98 Å². The SMILES string of the molecule is COc1cc2c3cc1OCC(=O)NCCCOc1cccc(c1)C2N(C(=O)c1cccc(-n2cnnc2)n1)CC3. The van der Waals surface area contributed by atoms with E-state index in [9.17, 15) is 9.59 Å². The molecule has 1 atom stereocenters. The minimum Gasteiger partial charge on any atom is -0.494 e. The predicted molar refractivity (Wildman–Crippen MR) is 144 cm³/mol. The Morgan fingerprint density at radius 3 is 2.77 bits per heavy atom. The number of nitrogens with zero attached hydrogens (tertiary/aromatic N) is 5. The lowest BCUT2D eigenvalue weighted by Gasteiger charge is -2.38. The third-order valence-electron chi connectivity index (χ3n) is 7.00. The highest BCUT2D eigenvalue weighted by atomic mass is 16.5. The summed E-state index contributed by atoms with van der Waals surface area (Å²) in [6, 6.07) is 16.4. The number of hydrogen-bond acceptors (Lipinski definition) is 8. The zero-order valence-electron chi connectivity index (χ0n) is 21.9. The van der Waals surface area contributed by atoms with Crippen molar-refractivity contribution in [3.63, 3.8) is 0 Å². The van der Waals surface area contributed by atoms with Gasteiger partial charge in [-0.2, -0.15) is 0 Å². The highest BCUT2D eigenvalue weighted by Crippen LogP contribution is 2.42. The standard InChI is InChI=1S/C29H28N6O5/c1-38-24-15-22-19-9-11-35(29(37)23-7-3-8-26(33-23)34-17-31-32-18-34)28(22)20-5-2-6-21(13-20)39-12-4-10-30-27(36)16-40-25(24)14-19/h2-3,5-8,13-15,17-18,28H,4,9-12,16H2,1H3,(H,30,36). The second kappa shape index (κ2) is 11.0. The second-order valence-electron chi connectivity index (χ2n) is 9.52. The van der Waals surface area contributed by atoms with Crippen LogP contribution in [0, 0.1) is 0 Å². The van der Waals surface area contributed by atoms with Crippen molar-refractivity contribution >= 4 is 11.8 Å². The van der Waals surface area contributed by atoms with Crippen LogP contribution in [0.1, 0.15) is 39.6 Å². The molecule has 11 heteroatoms. The van der Waals surface area contributed by atoms with Crippen LogP contribution in [-0.2, 0) is 11.2 Å². The minimum atomic E-state index is -0.431. The smallest absolute Gasteiger partial charge is 0.273 e. The number of aromatic nitrogens is 4. The molecule has 0 aliphatic carbocycles. The van der Waals surface area contributed by atoms with Gasteiger partial charge in [0, 0.05) is 13.1 Å². The summed E-state index contributed by atoms with van der Waals surface area (Å²) in [5, 5.41) is 10.5. The van der Waals surface area contributed by atoms with Crippen LogP contribution in [0.15, 0.2) is 67.3 Å². The van der Waals surface area contributed by atoms with Gasteiger partial charge in [0.1, 0.15) is 29.9 Å². The van der Waals surface area contributed by atoms with Crippen molar-refractivity contribution in [3.05, 3.63) is 89.6 Å². The van der Waals surface area contributed by atoms with E-state index >= 15 is 0 Å². The van der Waals surface area contributed by atoms with E-state index in [1.54, 1.807) is 29.9 Å². The summed E-state index contributed by atoms with van der Waals surface area (Å²) >= 11 is 0. The van der Waals surface area contributed by atoms with E-state index < -0.39 is 6.04 Å². The van der Waals surface area contributed by atoms with E-state index in [4.69, 9.17) is 14.2 Å². The van der Waals surface area contributed by atoms with Gasteiger partial charge in [0.05, 0.1) is 19.8 Å². The van der Waals surface area contributed by atoms with Crippen molar-refractivity contribution < 1.29 is 23.8 Å². The molecule has 7 rings (SSSR count). The molecule has 1 unspecified atom stereocenters. The van der Waals surface area contributed by atoms with Crippen molar-refractivity contribution in [3.8, 4) is 23.1 Å². The molecule has 204 valence electrons. The maximum absolute atomic E-state index is 14.1. The Kier molecular flexibility index (Phi) is 7.00. The molecule has 5 heterocycles. The lowest BCUT2D eigenvalue weighted by atomic mass is 9.87. The molecule has 6 bridgehead atoms.